The van der Waals surface area contributed by atoms with Crippen LogP contribution in [0.25, 0.3) is 11.1 Å². The number of pyridine rings is 1. The fourth-order valence-corrected chi connectivity index (χ4v) is 2.78. The summed E-state index contributed by atoms with van der Waals surface area (Å²) in [6.07, 6.45) is 12.8. The third-order valence-corrected chi connectivity index (χ3v) is 4.09. The molecule has 2 aliphatic rings. The number of hydrogen-bond acceptors (Lipinski definition) is 4. The van der Waals surface area contributed by atoms with Crippen LogP contribution in [0.5, 0.6) is 0 Å². The number of hydrogen-bond donors (Lipinski definition) is 1. The third-order valence-electron chi connectivity index (χ3n) is 4.09. The first kappa shape index (κ1) is 16.1. The Morgan fingerprint density at radius 2 is 1.92 bits per heavy atom. The van der Waals surface area contributed by atoms with Crippen molar-refractivity contribution in [2.45, 2.75) is 12.8 Å². The minimum Gasteiger partial charge on any atom is -0.463 e. The van der Waals surface area contributed by atoms with Crippen LogP contribution in [0, 0.1) is 5.82 Å². The fraction of sp³-hybridized carbons (Fsp3) is 0.0952. The van der Waals surface area contributed by atoms with Crippen LogP contribution in [0.3, 0.4) is 0 Å². The summed E-state index contributed by atoms with van der Waals surface area (Å²) >= 11 is 0. The molecule has 2 heterocycles. The van der Waals surface area contributed by atoms with Crippen molar-refractivity contribution in [3.63, 3.8) is 0 Å². The molecule has 0 bridgehead atoms. The molecule has 0 saturated carbocycles. The first-order valence-electron chi connectivity index (χ1n) is 8.37. The average molecular weight is 348 g/mol. The van der Waals surface area contributed by atoms with Gasteiger partial charge in [0, 0.05) is 6.20 Å². The van der Waals surface area contributed by atoms with Gasteiger partial charge in [-0.3, -0.25) is 0 Å². The Balaban J connectivity index is 1.48. The molecule has 0 spiro atoms. The molecular weight excluding hydrogens is 331 g/mol. The number of rotatable bonds is 4. The number of benzene rings is 1. The number of aromatic nitrogens is 1. The van der Waals surface area contributed by atoms with Gasteiger partial charge in [0.15, 0.2) is 12.0 Å². The van der Waals surface area contributed by atoms with E-state index in [4.69, 9.17) is 9.47 Å². The highest BCUT2D eigenvalue weighted by Gasteiger charge is 2.15. The zero-order valence-electron chi connectivity index (χ0n) is 14.0. The molecule has 1 aliphatic carbocycles. The van der Waals surface area contributed by atoms with Crippen molar-refractivity contribution in [2.24, 2.45) is 0 Å². The van der Waals surface area contributed by atoms with Crippen LogP contribution in [-0.2, 0) is 9.47 Å². The van der Waals surface area contributed by atoms with Crippen molar-refractivity contribution in [1.29, 1.82) is 0 Å². The number of nitrogens with zero attached hydrogens (tertiary/aromatic N) is 1. The number of ether oxygens (including phenoxy) is 2. The highest BCUT2D eigenvalue weighted by atomic mass is 19.1. The molecule has 5 heteroatoms. The smallest absolute Gasteiger partial charge is 0.234 e. The normalized spacial score (nSPS) is 16.0. The molecule has 0 unspecified atom stereocenters. The maximum absolute atomic E-state index is 13.1. The predicted molar refractivity (Wildman–Crippen MR) is 98.0 cm³/mol. The van der Waals surface area contributed by atoms with Gasteiger partial charge in [0.05, 0.1) is 0 Å². The SMILES string of the molecule is Fc1ccc(-c2ccnc(NC3=COC=C(C4=CC=CCC4)O3)c2)cc1. The van der Waals surface area contributed by atoms with E-state index in [1.165, 1.54) is 18.4 Å². The number of anilines is 1. The van der Waals surface area contributed by atoms with Gasteiger partial charge in [0.25, 0.3) is 0 Å². The Labute approximate surface area is 151 Å². The van der Waals surface area contributed by atoms with Gasteiger partial charge in [-0.05, 0) is 53.8 Å². The lowest BCUT2D eigenvalue weighted by atomic mass is 10.0. The molecule has 2 aromatic rings. The number of halogens is 1. The summed E-state index contributed by atoms with van der Waals surface area (Å²) in [5.41, 5.74) is 2.93. The van der Waals surface area contributed by atoms with Gasteiger partial charge in [0.2, 0.25) is 5.88 Å². The van der Waals surface area contributed by atoms with Crippen molar-refractivity contribution in [1.82, 2.24) is 4.98 Å². The van der Waals surface area contributed by atoms with E-state index in [1.54, 1.807) is 24.6 Å². The van der Waals surface area contributed by atoms with Crippen molar-refractivity contribution in [2.75, 3.05) is 5.32 Å². The van der Waals surface area contributed by atoms with Crippen molar-refractivity contribution in [3.05, 3.63) is 96.4 Å². The van der Waals surface area contributed by atoms with E-state index in [-0.39, 0.29) is 5.82 Å². The lowest BCUT2D eigenvalue weighted by Crippen LogP contribution is -2.10. The second-order valence-electron chi connectivity index (χ2n) is 5.92. The first-order chi connectivity index (χ1) is 12.8. The van der Waals surface area contributed by atoms with E-state index >= 15 is 0 Å². The molecule has 1 aromatic carbocycles. The molecule has 1 aliphatic heterocycles. The van der Waals surface area contributed by atoms with E-state index in [2.05, 4.69) is 16.4 Å². The maximum Gasteiger partial charge on any atom is 0.234 e. The summed E-state index contributed by atoms with van der Waals surface area (Å²) in [5, 5.41) is 3.11. The maximum atomic E-state index is 13.1. The Kier molecular flexibility index (Phi) is 4.51. The summed E-state index contributed by atoms with van der Waals surface area (Å²) in [7, 11) is 0. The monoisotopic (exact) mass is 348 g/mol. The quantitative estimate of drug-likeness (QED) is 0.818. The minimum absolute atomic E-state index is 0.259. The summed E-state index contributed by atoms with van der Waals surface area (Å²) < 4.78 is 24.4. The van der Waals surface area contributed by atoms with Crippen LogP contribution < -0.4 is 5.32 Å². The molecule has 0 amide bonds. The van der Waals surface area contributed by atoms with Gasteiger partial charge in [-0.25, -0.2) is 9.37 Å². The van der Waals surface area contributed by atoms with Crippen LogP contribution >= 0.6 is 0 Å². The predicted octanol–water partition coefficient (Wildman–Crippen LogP) is 5.26. The van der Waals surface area contributed by atoms with Gasteiger partial charge in [-0.1, -0.05) is 30.4 Å². The number of allylic oxidation sites excluding steroid dienone is 4. The molecule has 4 rings (SSSR count). The molecule has 0 atom stereocenters. The highest BCUT2D eigenvalue weighted by Crippen LogP contribution is 2.27. The summed E-state index contributed by atoms with van der Waals surface area (Å²) in [4.78, 5) is 4.31. The molecule has 130 valence electrons. The van der Waals surface area contributed by atoms with E-state index in [0.717, 1.165) is 29.5 Å². The Morgan fingerprint density at radius 1 is 1.04 bits per heavy atom. The standard InChI is InChI=1S/C21H17FN2O2/c22-18-8-6-15(7-9-18)17-10-11-23-20(12-17)24-21-14-25-13-19(26-21)16-4-2-1-3-5-16/h1-2,4,6-14H,3,5H2,(H,23,24). The lowest BCUT2D eigenvalue weighted by Gasteiger charge is -2.20. The molecule has 1 N–H and O–H groups in total. The summed E-state index contributed by atoms with van der Waals surface area (Å²) in [6, 6.07) is 10.1. The molecule has 26 heavy (non-hydrogen) atoms. The summed E-state index contributed by atoms with van der Waals surface area (Å²) in [5.74, 6) is 1.50. The van der Waals surface area contributed by atoms with Crippen LogP contribution in [0.4, 0.5) is 10.2 Å². The largest absolute Gasteiger partial charge is 0.463 e. The number of nitrogens with one attached hydrogen (secondary N) is 1. The van der Waals surface area contributed by atoms with Gasteiger partial charge in [-0.2, -0.15) is 0 Å². The van der Waals surface area contributed by atoms with Gasteiger partial charge in [-0.15, -0.1) is 0 Å². The van der Waals surface area contributed by atoms with E-state index in [1.807, 2.05) is 24.3 Å². The van der Waals surface area contributed by atoms with Gasteiger partial charge in [0.1, 0.15) is 17.9 Å². The molecular formula is C21H17FN2O2. The van der Waals surface area contributed by atoms with Crippen LogP contribution in [0.2, 0.25) is 0 Å². The Morgan fingerprint density at radius 3 is 2.73 bits per heavy atom. The zero-order chi connectivity index (χ0) is 17.8. The lowest BCUT2D eigenvalue weighted by molar-refractivity contribution is 0.233. The van der Waals surface area contributed by atoms with Crippen molar-refractivity contribution < 1.29 is 13.9 Å². The highest BCUT2D eigenvalue weighted by molar-refractivity contribution is 5.66. The van der Waals surface area contributed by atoms with Crippen molar-refractivity contribution >= 4 is 5.82 Å². The third kappa shape index (κ3) is 3.67. The van der Waals surface area contributed by atoms with E-state index in [0.29, 0.717) is 17.5 Å². The Bertz CT molecular complexity index is 927. The molecule has 0 radical (unpaired) electrons. The summed E-state index contributed by atoms with van der Waals surface area (Å²) in [6.45, 7) is 0. The van der Waals surface area contributed by atoms with E-state index < -0.39 is 0 Å². The topological polar surface area (TPSA) is 43.4 Å². The zero-order valence-corrected chi connectivity index (χ0v) is 14.0. The molecule has 1 aromatic heterocycles. The molecule has 0 saturated heterocycles. The van der Waals surface area contributed by atoms with Gasteiger partial charge >= 0.3 is 0 Å². The molecule has 4 nitrogen and oxygen atoms in total. The Hall–Kier alpha value is -3.34. The fourth-order valence-electron chi connectivity index (χ4n) is 2.78. The van der Waals surface area contributed by atoms with Crippen LogP contribution in [0.15, 0.2) is 90.6 Å². The molecule has 0 fully saturated rings. The second kappa shape index (κ2) is 7.27. The van der Waals surface area contributed by atoms with Gasteiger partial charge < -0.3 is 14.8 Å². The van der Waals surface area contributed by atoms with Crippen LogP contribution in [0.1, 0.15) is 12.8 Å². The first-order valence-corrected chi connectivity index (χ1v) is 8.37. The second-order valence-corrected chi connectivity index (χ2v) is 5.92. The average Bonchev–Trinajstić information content (AvgIpc) is 2.70. The van der Waals surface area contributed by atoms with Crippen LogP contribution in [-0.4, -0.2) is 4.98 Å². The minimum atomic E-state index is -0.259. The van der Waals surface area contributed by atoms with Crippen molar-refractivity contribution in [3.8, 4) is 11.1 Å². The van der Waals surface area contributed by atoms with E-state index in [9.17, 15) is 4.39 Å².